The largest absolute Gasteiger partial charge is 0.492 e. The molecule has 0 unspecified atom stereocenters. The summed E-state index contributed by atoms with van der Waals surface area (Å²) < 4.78 is 10.5. The molecule has 1 amide bonds. The maximum atomic E-state index is 11.8. The molecule has 29 heavy (non-hydrogen) atoms. The van der Waals surface area contributed by atoms with Crippen LogP contribution in [0, 0.1) is 0 Å². The molecule has 0 saturated carbocycles. The van der Waals surface area contributed by atoms with E-state index in [1.165, 1.54) is 26.4 Å². The Kier molecular flexibility index (Phi) is 7.83. The monoisotopic (exact) mass is 416 g/mol. The van der Waals surface area contributed by atoms with Gasteiger partial charge in [0.15, 0.2) is 5.17 Å². The number of amidine groups is 1. The number of hydrogen-bond donors (Lipinski definition) is 1. The lowest BCUT2D eigenvalue weighted by Gasteiger charge is -2.26. The van der Waals surface area contributed by atoms with Crippen LogP contribution in [0.4, 0.5) is 0 Å². The molecule has 154 valence electrons. The maximum Gasteiger partial charge on any atom is 0.331 e. The number of carbonyl (C=O) groups is 2. The Balaban J connectivity index is 1.56. The number of esters is 1. The number of likely N-dealkylation sites (tertiary alicyclic amines) is 1. The number of rotatable bonds is 7. The highest BCUT2D eigenvalue weighted by molar-refractivity contribution is 8.18. The van der Waals surface area contributed by atoms with Crippen molar-refractivity contribution >= 4 is 35.0 Å². The number of benzene rings is 1. The first kappa shape index (κ1) is 21.1. The Hall–Kier alpha value is -2.65. The molecular weight excluding hydrogens is 392 g/mol. The summed E-state index contributed by atoms with van der Waals surface area (Å²) in [5.74, 6) is -0.262. The third kappa shape index (κ3) is 6.43. The molecule has 1 aromatic rings. The summed E-state index contributed by atoms with van der Waals surface area (Å²) in [5.41, 5.74) is 0.801. The molecule has 0 radical (unpaired) electrons. The van der Waals surface area contributed by atoms with Crippen LogP contribution in [0.2, 0.25) is 0 Å². The highest BCUT2D eigenvalue weighted by Crippen LogP contribution is 2.23. The van der Waals surface area contributed by atoms with E-state index in [1.807, 2.05) is 24.3 Å². The van der Waals surface area contributed by atoms with Crippen LogP contribution in [0.15, 0.2) is 45.4 Å². The lowest BCUT2D eigenvalue weighted by Crippen LogP contribution is -2.33. The van der Waals surface area contributed by atoms with Gasteiger partial charge in [-0.2, -0.15) is 5.10 Å². The highest BCUT2D eigenvalue weighted by atomic mass is 32.2. The smallest absolute Gasteiger partial charge is 0.331 e. The Morgan fingerprint density at radius 3 is 2.86 bits per heavy atom. The number of para-hydroxylation sites is 1. The van der Waals surface area contributed by atoms with Gasteiger partial charge in [0, 0.05) is 18.2 Å². The van der Waals surface area contributed by atoms with Gasteiger partial charge in [-0.25, -0.2) is 4.79 Å². The molecule has 0 aromatic heterocycles. The first-order valence-electron chi connectivity index (χ1n) is 9.50. The summed E-state index contributed by atoms with van der Waals surface area (Å²) >= 11 is 1.03. The summed E-state index contributed by atoms with van der Waals surface area (Å²) in [6.07, 6.45) is 6.54. The number of piperidine rings is 1. The second-order valence-corrected chi connectivity index (χ2v) is 7.56. The van der Waals surface area contributed by atoms with Crippen molar-refractivity contribution in [3.63, 3.8) is 0 Å². The molecule has 2 aliphatic heterocycles. The van der Waals surface area contributed by atoms with E-state index in [2.05, 4.69) is 25.2 Å². The molecule has 2 heterocycles. The summed E-state index contributed by atoms with van der Waals surface area (Å²) in [4.78, 5) is 25.7. The van der Waals surface area contributed by atoms with Gasteiger partial charge in [0.05, 0.1) is 18.2 Å². The Labute approximate surface area is 174 Å². The molecule has 0 atom stereocenters. The highest BCUT2D eigenvalue weighted by Gasteiger charge is 2.25. The van der Waals surface area contributed by atoms with E-state index in [-0.39, 0.29) is 4.91 Å². The summed E-state index contributed by atoms with van der Waals surface area (Å²) in [5, 5.41) is 10.9. The Morgan fingerprint density at radius 1 is 1.28 bits per heavy atom. The number of carbonyl (C=O) groups excluding carboxylic acids is 2. The minimum atomic E-state index is -0.594. The van der Waals surface area contributed by atoms with Gasteiger partial charge in [-0.3, -0.25) is 15.0 Å². The zero-order chi connectivity index (χ0) is 20.5. The van der Waals surface area contributed by atoms with E-state index in [4.69, 9.17) is 4.74 Å². The van der Waals surface area contributed by atoms with Crippen molar-refractivity contribution in [2.24, 2.45) is 10.2 Å². The van der Waals surface area contributed by atoms with Gasteiger partial charge in [-0.05, 0) is 49.8 Å². The minimum Gasteiger partial charge on any atom is -0.492 e. The van der Waals surface area contributed by atoms with Gasteiger partial charge in [0.25, 0.3) is 5.91 Å². The fourth-order valence-electron chi connectivity index (χ4n) is 2.97. The number of hydrogen-bond acceptors (Lipinski definition) is 8. The summed E-state index contributed by atoms with van der Waals surface area (Å²) in [6.45, 7) is 3.80. The van der Waals surface area contributed by atoms with Crippen molar-refractivity contribution in [1.29, 1.82) is 0 Å². The van der Waals surface area contributed by atoms with Crippen LogP contribution >= 0.6 is 11.8 Å². The number of methoxy groups -OCH3 is 1. The van der Waals surface area contributed by atoms with E-state index in [0.717, 1.165) is 48.8 Å². The first-order chi connectivity index (χ1) is 14.2. The molecule has 3 rings (SSSR count). The van der Waals surface area contributed by atoms with Gasteiger partial charge >= 0.3 is 5.97 Å². The van der Waals surface area contributed by atoms with Gasteiger partial charge in [-0.15, -0.1) is 5.10 Å². The van der Waals surface area contributed by atoms with Crippen molar-refractivity contribution in [3.8, 4) is 5.75 Å². The fourth-order valence-corrected chi connectivity index (χ4v) is 3.71. The van der Waals surface area contributed by atoms with Gasteiger partial charge in [0.1, 0.15) is 12.4 Å². The van der Waals surface area contributed by atoms with Crippen LogP contribution in [-0.4, -0.2) is 61.5 Å². The second-order valence-electron chi connectivity index (χ2n) is 6.53. The molecule has 0 spiro atoms. The molecule has 0 bridgehead atoms. The van der Waals surface area contributed by atoms with E-state index >= 15 is 0 Å². The Bertz CT molecular complexity index is 832. The van der Waals surface area contributed by atoms with Crippen molar-refractivity contribution < 1.29 is 19.1 Å². The SMILES string of the molecule is COC(=O)/C=C1/S/C(=N\N=Cc2ccccc2OCCN2CCCCC2)NC1=O. The van der Waals surface area contributed by atoms with E-state index < -0.39 is 11.9 Å². The van der Waals surface area contributed by atoms with Crippen molar-refractivity contribution in [2.75, 3.05) is 33.4 Å². The topological polar surface area (TPSA) is 92.6 Å². The van der Waals surface area contributed by atoms with Gasteiger partial charge < -0.3 is 9.47 Å². The number of amides is 1. The second kappa shape index (κ2) is 10.8. The standard InChI is InChI=1S/C20H24N4O4S/c1-27-18(25)13-17-19(26)22-20(29-17)23-21-14-15-7-3-4-8-16(15)28-12-11-24-9-5-2-6-10-24/h3-4,7-8,13-14H,2,5-6,9-12H2,1H3,(H,22,23,26)/b17-13+,21-14?. The van der Waals surface area contributed by atoms with Crippen LogP contribution in [0.5, 0.6) is 5.75 Å². The van der Waals surface area contributed by atoms with Crippen molar-refractivity contribution in [1.82, 2.24) is 10.2 Å². The predicted molar refractivity (Wildman–Crippen MR) is 113 cm³/mol. The molecule has 2 saturated heterocycles. The molecule has 1 N–H and O–H groups in total. The molecule has 8 nitrogen and oxygen atoms in total. The first-order valence-corrected chi connectivity index (χ1v) is 10.3. The number of nitrogens with one attached hydrogen (secondary N) is 1. The quantitative estimate of drug-likeness (QED) is 0.317. The van der Waals surface area contributed by atoms with Crippen LogP contribution in [0.1, 0.15) is 24.8 Å². The van der Waals surface area contributed by atoms with Crippen molar-refractivity contribution in [2.45, 2.75) is 19.3 Å². The van der Waals surface area contributed by atoms with E-state index in [1.54, 1.807) is 6.21 Å². The molecule has 2 aliphatic rings. The minimum absolute atomic E-state index is 0.215. The predicted octanol–water partition coefficient (Wildman–Crippen LogP) is 2.16. The van der Waals surface area contributed by atoms with E-state index in [9.17, 15) is 9.59 Å². The zero-order valence-electron chi connectivity index (χ0n) is 16.3. The van der Waals surface area contributed by atoms with Gasteiger partial charge in [0.2, 0.25) is 0 Å². The van der Waals surface area contributed by atoms with Crippen LogP contribution in [0.3, 0.4) is 0 Å². The Morgan fingerprint density at radius 2 is 2.07 bits per heavy atom. The normalized spacial score (nSPS) is 20.4. The zero-order valence-corrected chi connectivity index (χ0v) is 17.1. The van der Waals surface area contributed by atoms with Gasteiger partial charge in [-0.1, -0.05) is 18.6 Å². The lowest BCUT2D eigenvalue weighted by atomic mass is 10.1. The number of nitrogens with zero attached hydrogens (tertiary/aromatic N) is 3. The maximum absolute atomic E-state index is 11.8. The lowest BCUT2D eigenvalue weighted by molar-refractivity contribution is -0.135. The molecule has 2 fully saturated rings. The number of thioether (sulfide) groups is 1. The average Bonchev–Trinajstić information content (AvgIpc) is 3.08. The molecule has 0 aliphatic carbocycles. The van der Waals surface area contributed by atoms with Crippen LogP contribution in [0.25, 0.3) is 0 Å². The summed E-state index contributed by atoms with van der Waals surface area (Å²) in [6, 6.07) is 7.60. The third-order valence-electron chi connectivity index (χ3n) is 4.48. The van der Waals surface area contributed by atoms with Crippen molar-refractivity contribution in [3.05, 3.63) is 40.8 Å². The number of ether oxygens (including phenoxy) is 2. The average molecular weight is 417 g/mol. The third-order valence-corrected chi connectivity index (χ3v) is 5.38. The molecule has 9 heteroatoms. The summed E-state index contributed by atoms with van der Waals surface area (Å²) in [7, 11) is 1.25. The fraction of sp³-hybridized carbons (Fsp3) is 0.400. The van der Waals surface area contributed by atoms with Crippen LogP contribution in [-0.2, 0) is 14.3 Å². The molecular formula is C20H24N4O4S. The van der Waals surface area contributed by atoms with E-state index in [0.29, 0.717) is 11.8 Å². The molecule has 1 aromatic carbocycles. The van der Waals surface area contributed by atoms with Crippen LogP contribution < -0.4 is 10.1 Å².